The molecule has 1 aromatic heterocycles. The maximum atomic E-state index is 10.8. The van der Waals surface area contributed by atoms with Crippen LogP contribution < -0.4 is 11.5 Å². The van der Waals surface area contributed by atoms with Crippen molar-refractivity contribution in [3.63, 3.8) is 0 Å². The summed E-state index contributed by atoms with van der Waals surface area (Å²) in [6, 6.07) is 0. The zero-order chi connectivity index (χ0) is 11.5. The lowest BCUT2D eigenvalue weighted by atomic mass is 9.82. The summed E-state index contributed by atoms with van der Waals surface area (Å²) in [5.74, 6) is -0.392. The van der Waals surface area contributed by atoms with Crippen LogP contribution in [0.5, 0.6) is 0 Å². The molecule has 0 atom stereocenters. The van der Waals surface area contributed by atoms with Gasteiger partial charge in [-0.15, -0.1) is 0 Å². The fourth-order valence-corrected chi connectivity index (χ4v) is 1.47. The van der Waals surface area contributed by atoms with Gasteiger partial charge in [0.15, 0.2) is 0 Å². The standard InChI is InChI=1S/C9H16N4O2/c1-3-9(4-2,5-10)8-12-7(6(11)14)13-15-8/h3-5,10H2,1-2H3,(H2,11,14). The third-order valence-electron chi connectivity index (χ3n) is 2.84. The number of hydrogen-bond donors (Lipinski definition) is 2. The van der Waals surface area contributed by atoms with Crippen molar-refractivity contribution in [1.29, 1.82) is 0 Å². The summed E-state index contributed by atoms with van der Waals surface area (Å²) in [7, 11) is 0. The minimum Gasteiger partial charge on any atom is -0.363 e. The number of amides is 1. The molecule has 1 amide bonds. The average molecular weight is 212 g/mol. The Labute approximate surface area is 88.0 Å². The van der Waals surface area contributed by atoms with Gasteiger partial charge in [-0.1, -0.05) is 19.0 Å². The predicted molar refractivity (Wildman–Crippen MR) is 54.1 cm³/mol. The number of carbonyl (C=O) groups is 1. The monoisotopic (exact) mass is 212 g/mol. The molecule has 0 radical (unpaired) electrons. The van der Waals surface area contributed by atoms with Crippen LogP contribution >= 0.6 is 0 Å². The molecule has 15 heavy (non-hydrogen) atoms. The van der Waals surface area contributed by atoms with Crippen LogP contribution in [0, 0.1) is 0 Å². The summed E-state index contributed by atoms with van der Waals surface area (Å²) >= 11 is 0. The van der Waals surface area contributed by atoms with E-state index in [0.29, 0.717) is 12.4 Å². The number of nitrogens with zero attached hydrogens (tertiary/aromatic N) is 2. The molecule has 0 unspecified atom stereocenters. The van der Waals surface area contributed by atoms with Gasteiger partial charge < -0.3 is 16.0 Å². The molecule has 0 spiro atoms. The zero-order valence-corrected chi connectivity index (χ0v) is 8.99. The molecule has 1 aromatic rings. The molecule has 0 saturated carbocycles. The van der Waals surface area contributed by atoms with E-state index in [1.54, 1.807) is 0 Å². The van der Waals surface area contributed by atoms with Crippen molar-refractivity contribution in [2.24, 2.45) is 11.5 Å². The second-order valence-corrected chi connectivity index (χ2v) is 3.48. The summed E-state index contributed by atoms with van der Waals surface area (Å²) in [5, 5.41) is 3.51. The molecule has 6 heteroatoms. The van der Waals surface area contributed by atoms with Gasteiger partial charge in [0.1, 0.15) is 0 Å². The maximum Gasteiger partial charge on any atom is 0.290 e. The second-order valence-electron chi connectivity index (χ2n) is 3.48. The van der Waals surface area contributed by atoms with E-state index >= 15 is 0 Å². The first-order valence-corrected chi connectivity index (χ1v) is 4.93. The first kappa shape index (κ1) is 11.6. The van der Waals surface area contributed by atoms with E-state index < -0.39 is 5.91 Å². The molecule has 0 aliphatic rings. The normalized spacial score (nSPS) is 11.7. The quantitative estimate of drug-likeness (QED) is 0.724. The van der Waals surface area contributed by atoms with Crippen LogP contribution in [0.4, 0.5) is 0 Å². The molecule has 0 aromatic carbocycles. The van der Waals surface area contributed by atoms with Gasteiger partial charge in [-0.05, 0) is 12.8 Å². The van der Waals surface area contributed by atoms with Crippen LogP contribution in [-0.2, 0) is 5.41 Å². The van der Waals surface area contributed by atoms with Gasteiger partial charge in [-0.2, -0.15) is 4.98 Å². The van der Waals surface area contributed by atoms with E-state index in [2.05, 4.69) is 10.1 Å². The third-order valence-corrected chi connectivity index (χ3v) is 2.84. The van der Waals surface area contributed by atoms with Crippen LogP contribution in [0.3, 0.4) is 0 Å². The molecular weight excluding hydrogens is 196 g/mol. The Morgan fingerprint density at radius 3 is 2.40 bits per heavy atom. The Bertz CT molecular complexity index is 335. The minimum absolute atomic E-state index is 0.0928. The van der Waals surface area contributed by atoms with Crippen molar-refractivity contribution < 1.29 is 9.32 Å². The molecular formula is C9H16N4O2. The van der Waals surface area contributed by atoms with Gasteiger partial charge in [0.05, 0.1) is 5.41 Å². The molecule has 84 valence electrons. The summed E-state index contributed by atoms with van der Waals surface area (Å²) in [4.78, 5) is 14.8. The second kappa shape index (κ2) is 4.39. The smallest absolute Gasteiger partial charge is 0.290 e. The van der Waals surface area contributed by atoms with E-state index in [0.717, 1.165) is 12.8 Å². The number of hydrogen-bond acceptors (Lipinski definition) is 5. The molecule has 0 saturated heterocycles. The topological polar surface area (TPSA) is 108 Å². The SMILES string of the molecule is CCC(CC)(CN)c1nc(C(N)=O)no1. The van der Waals surface area contributed by atoms with E-state index in [4.69, 9.17) is 16.0 Å². The Morgan fingerprint density at radius 2 is 2.07 bits per heavy atom. The largest absolute Gasteiger partial charge is 0.363 e. The molecule has 0 bridgehead atoms. The highest BCUT2D eigenvalue weighted by Gasteiger charge is 2.33. The lowest BCUT2D eigenvalue weighted by Crippen LogP contribution is -2.34. The average Bonchev–Trinajstić information content (AvgIpc) is 2.71. The summed E-state index contributed by atoms with van der Waals surface area (Å²) in [6.45, 7) is 4.38. The lowest BCUT2D eigenvalue weighted by molar-refractivity contribution is 0.0987. The number of carbonyl (C=O) groups excluding carboxylic acids is 1. The molecule has 4 N–H and O–H groups in total. The van der Waals surface area contributed by atoms with Crippen LogP contribution in [0.1, 0.15) is 43.2 Å². The molecule has 0 aliphatic heterocycles. The first-order chi connectivity index (χ1) is 7.09. The highest BCUT2D eigenvalue weighted by molar-refractivity contribution is 5.88. The van der Waals surface area contributed by atoms with E-state index in [1.807, 2.05) is 13.8 Å². The Balaban J connectivity index is 3.07. The molecule has 1 heterocycles. The summed E-state index contributed by atoms with van der Waals surface area (Å²) in [5.41, 5.74) is 10.4. The highest BCUT2D eigenvalue weighted by Crippen LogP contribution is 2.28. The third kappa shape index (κ3) is 1.99. The van der Waals surface area contributed by atoms with E-state index in [1.165, 1.54) is 0 Å². The first-order valence-electron chi connectivity index (χ1n) is 4.93. The van der Waals surface area contributed by atoms with Gasteiger partial charge in [0, 0.05) is 6.54 Å². The van der Waals surface area contributed by atoms with E-state index in [9.17, 15) is 4.79 Å². The predicted octanol–water partition coefficient (Wildman–Crippen LogP) is 0.185. The maximum absolute atomic E-state index is 10.8. The van der Waals surface area contributed by atoms with Crippen LogP contribution in [0.2, 0.25) is 0 Å². The van der Waals surface area contributed by atoms with Crippen LogP contribution in [0.15, 0.2) is 4.52 Å². The minimum atomic E-state index is -0.692. The van der Waals surface area contributed by atoms with Crippen molar-refractivity contribution in [2.45, 2.75) is 32.1 Å². The van der Waals surface area contributed by atoms with E-state index in [-0.39, 0.29) is 11.2 Å². The number of rotatable bonds is 5. The Morgan fingerprint density at radius 1 is 1.47 bits per heavy atom. The zero-order valence-electron chi connectivity index (χ0n) is 8.99. The molecule has 6 nitrogen and oxygen atoms in total. The van der Waals surface area contributed by atoms with Crippen LogP contribution in [0.25, 0.3) is 0 Å². The fourth-order valence-electron chi connectivity index (χ4n) is 1.47. The Hall–Kier alpha value is -1.43. The summed E-state index contributed by atoms with van der Waals surface area (Å²) in [6.07, 6.45) is 1.56. The van der Waals surface area contributed by atoms with Gasteiger partial charge in [0.2, 0.25) is 5.89 Å². The van der Waals surface area contributed by atoms with Crippen molar-refractivity contribution in [3.8, 4) is 0 Å². The van der Waals surface area contributed by atoms with Crippen molar-refractivity contribution in [3.05, 3.63) is 11.7 Å². The lowest BCUT2D eigenvalue weighted by Gasteiger charge is -2.24. The van der Waals surface area contributed by atoms with Gasteiger partial charge in [0.25, 0.3) is 11.7 Å². The van der Waals surface area contributed by atoms with Crippen molar-refractivity contribution >= 4 is 5.91 Å². The molecule has 0 aliphatic carbocycles. The van der Waals surface area contributed by atoms with Gasteiger partial charge in [-0.25, -0.2) is 0 Å². The number of aromatic nitrogens is 2. The van der Waals surface area contributed by atoms with Crippen molar-refractivity contribution in [1.82, 2.24) is 10.1 Å². The number of primary amides is 1. The molecule has 1 rings (SSSR count). The Kier molecular flexibility index (Phi) is 3.41. The summed E-state index contributed by atoms with van der Waals surface area (Å²) < 4.78 is 5.02. The van der Waals surface area contributed by atoms with Crippen LogP contribution in [-0.4, -0.2) is 22.6 Å². The number of nitrogens with two attached hydrogens (primary N) is 2. The van der Waals surface area contributed by atoms with Gasteiger partial charge >= 0.3 is 0 Å². The highest BCUT2D eigenvalue weighted by atomic mass is 16.5. The fraction of sp³-hybridized carbons (Fsp3) is 0.667. The van der Waals surface area contributed by atoms with Crippen molar-refractivity contribution in [2.75, 3.05) is 6.54 Å². The molecule has 0 fully saturated rings. The van der Waals surface area contributed by atoms with Gasteiger partial charge in [-0.3, -0.25) is 4.79 Å².